The number of likely N-dealkylation sites (N-methyl/N-ethyl adjacent to an activating group) is 1. The van der Waals surface area contributed by atoms with Crippen molar-refractivity contribution in [2.24, 2.45) is 0 Å². The molecule has 1 N–H and O–H groups in total. The fourth-order valence-corrected chi connectivity index (χ4v) is 3.49. The lowest BCUT2D eigenvalue weighted by atomic mass is 9.91. The smallest absolute Gasteiger partial charge is 0.0947 e. The maximum Gasteiger partial charge on any atom is 0.0947 e. The molecule has 0 spiro atoms. The summed E-state index contributed by atoms with van der Waals surface area (Å²) >= 11 is 1.98. The number of thioether (sulfide) groups is 1. The van der Waals surface area contributed by atoms with Crippen molar-refractivity contribution >= 4 is 11.8 Å². The number of hydrogen-bond donors (Lipinski definition) is 1. The molecular formula is C12H19NO2S. The van der Waals surface area contributed by atoms with Crippen molar-refractivity contribution in [2.75, 3.05) is 25.2 Å². The maximum atomic E-state index is 9.67. The van der Waals surface area contributed by atoms with Gasteiger partial charge in [0.2, 0.25) is 0 Å². The van der Waals surface area contributed by atoms with Crippen molar-refractivity contribution in [2.45, 2.75) is 24.9 Å². The minimum Gasteiger partial charge on any atom is -0.472 e. The molecule has 1 fully saturated rings. The molecule has 16 heavy (non-hydrogen) atoms. The fourth-order valence-electron chi connectivity index (χ4n) is 2.24. The summed E-state index contributed by atoms with van der Waals surface area (Å²) in [5.41, 5.74) is 1.15. The van der Waals surface area contributed by atoms with E-state index in [1.54, 1.807) is 12.5 Å². The summed E-state index contributed by atoms with van der Waals surface area (Å²) in [6.45, 7) is 1.10. The Bertz CT molecular complexity index is 307. The SMILES string of the molecule is CN(Cc1ccoc1)C1(CO)CCSCC1. The van der Waals surface area contributed by atoms with Crippen LogP contribution in [0.25, 0.3) is 0 Å². The van der Waals surface area contributed by atoms with Gasteiger partial charge in [-0.25, -0.2) is 0 Å². The lowest BCUT2D eigenvalue weighted by Gasteiger charge is -2.43. The van der Waals surface area contributed by atoms with Gasteiger partial charge in [0.25, 0.3) is 0 Å². The van der Waals surface area contributed by atoms with Crippen molar-refractivity contribution in [3.8, 4) is 0 Å². The summed E-state index contributed by atoms with van der Waals surface area (Å²) < 4.78 is 5.08. The van der Waals surface area contributed by atoms with E-state index in [1.807, 2.05) is 17.8 Å². The first kappa shape index (κ1) is 12.0. The number of aliphatic hydroxyl groups is 1. The molecule has 0 saturated carbocycles. The molecule has 3 nitrogen and oxygen atoms in total. The van der Waals surface area contributed by atoms with Gasteiger partial charge in [0.1, 0.15) is 0 Å². The third-order valence-corrected chi connectivity index (χ3v) is 4.51. The molecule has 0 aromatic carbocycles. The average Bonchev–Trinajstić information content (AvgIpc) is 2.82. The predicted molar refractivity (Wildman–Crippen MR) is 66.6 cm³/mol. The highest BCUT2D eigenvalue weighted by Crippen LogP contribution is 2.32. The van der Waals surface area contributed by atoms with E-state index in [1.165, 1.54) is 5.56 Å². The van der Waals surface area contributed by atoms with Crippen LogP contribution in [0.15, 0.2) is 23.0 Å². The molecule has 0 atom stereocenters. The topological polar surface area (TPSA) is 36.6 Å². The van der Waals surface area contributed by atoms with Crippen LogP contribution in [0.1, 0.15) is 18.4 Å². The highest BCUT2D eigenvalue weighted by molar-refractivity contribution is 7.99. The molecule has 0 bridgehead atoms. The van der Waals surface area contributed by atoms with E-state index in [2.05, 4.69) is 11.9 Å². The van der Waals surface area contributed by atoms with Crippen LogP contribution in [0.5, 0.6) is 0 Å². The monoisotopic (exact) mass is 241 g/mol. The van der Waals surface area contributed by atoms with Gasteiger partial charge >= 0.3 is 0 Å². The third-order valence-electron chi connectivity index (χ3n) is 3.53. The Kier molecular flexibility index (Phi) is 3.95. The second-order valence-electron chi connectivity index (χ2n) is 4.48. The van der Waals surface area contributed by atoms with Crippen LogP contribution in [-0.2, 0) is 6.54 Å². The Morgan fingerprint density at radius 3 is 2.81 bits per heavy atom. The summed E-state index contributed by atoms with van der Waals surface area (Å²) in [5.74, 6) is 2.30. The van der Waals surface area contributed by atoms with Crippen LogP contribution in [-0.4, -0.2) is 40.7 Å². The lowest BCUT2D eigenvalue weighted by Crippen LogP contribution is -2.51. The zero-order chi connectivity index (χ0) is 11.4. The number of rotatable bonds is 4. The first-order chi connectivity index (χ1) is 7.77. The summed E-state index contributed by atoms with van der Waals surface area (Å²) in [6.07, 6.45) is 5.62. The van der Waals surface area contributed by atoms with Crippen LogP contribution in [0, 0.1) is 0 Å². The highest BCUT2D eigenvalue weighted by atomic mass is 32.2. The molecule has 2 rings (SSSR count). The van der Waals surface area contributed by atoms with Gasteiger partial charge in [0, 0.05) is 17.6 Å². The molecule has 1 saturated heterocycles. The Morgan fingerprint density at radius 2 is 2.25 bits per heavy atom. The van der Waals surface area contributed by atoms with E-state index in [4.69, 9.17) is 4.42 Å². The van der Waals surface area contributed by atoms with Crippen LogP contribution in [0.3, 0.4) is 0 Å². The largest absolute Gasteiger partial charge is 0.472 e. The van der Waals surface area contributed by atoms with Gasteiger partial charge < -0.3 is 9.52 Å². The molecule has 1 aliphatic heterocycles. The Morgan fingerprint density at radius 1 is 1.50 bits per heavy atom. The van der Waals surface area contributed by atoms with Gasteiger partial charge in [0.05, 0.1) is 19.1 Å². The summed E-state index contributed by atoms with van der Waals surface area (Å²) in [4.78, 5) is 2.28. The quantitative estimate of drug-likeness (QED) is 0.874. The first-order valence-corrected chi connectivity index (χ1v) is 6.83. The lowest BCUT2D eigenvalue weighted by molar-refractivity contribution is 0.0360. The van der Waals surface area contributed by atoms with Crippen LogP contribution < -0.4 is 0 Å². The summed E-state index contributed by atoms with van der Waals surface area (Å²) in [6, 6.07) is 1.99. The van der Waals surface area contributed by atoms with Gasteiger partial charge in [-0.1, -0.05) is 0 Å². The van der Waals surface area contributed by atoms with Crippen molar-refractivity contribution in [1.29, 1.82) is 0 Å². The van der Waals surface area contributed by atoms with E-state index in [0.29, 0.717) is 0 Å². The second-order valence-corrected chi connectivity index (χ2v) is 5.71. The molecule has 0 radical (unpaired) electrons. The fraction of sp³-hybridized carbons (Fsp3) is 0.667. The maximum absolute atomic E-state index is 9.67. The van der Waals surface area contributed by atoms with Gasteiger partial charge in [-0.15, -0.1) is 0 Å². The summed E-state index contributed by atoms with van der Waals surface area (Å²) in [5, 5.41) is 9.67. The molecule has 2 heterocycles. The molecule has 0 aliphatic carbocycles. The Labute approximate surface area is 101 Å². The Balaban J connectivity index is 2.02. The molecular weight excluding hydrogens is 222 g/mol. The van der Waals surface area contributed by atoms with Crippen molar-refractivity contribution in [1.82, 2.24) is 4.90 Å². The van der Waals surface area contributed by atoms with E-state index in [9.17, 15) is 5.11 Å². The predicted octanol–water partition coefficient (Wildman–Crippen LogP) is 1.97. The highest BCUT2D eigenvalue weighted by Gasteiger charge is 2.35. The number of hydrogen-bond acceptors (Lipinski definition) is 4. The molecule has 1 aromatic rings. The molecule has 1 aromatic heterocycles. The molecule has 0 amide bonds. The number of nitrogens with zero attached hydrogens (tertiary/aromatic N) is 1. The third kappa shape index (κ3) is 2.44. The van der Waals surface area contributed by atoms with Gasteiger partial charge in [-0.05, 0) is 37.5 Å². The minimum atomic E-state index is -0.0253. The van der Waals surface area contributed by atoms with Gasteiger partial charge in [-0.3, -0.25) is 4.90 Å². The zero-order valence-corrected chi connectivity index (χ0v) is 10.5. The number of aliphatic hydroxyl groups excluding tert-OH is 1. The van der Waals surface area contributed by atoms with E-state index < -0.39 is 0 Å². The minimum absolute atomic E-state index is 0.0253. The molecule has 90 valence electrons. The van der Waals surface area contributed by atoms with Gasteiger partial charge in [-0.2, -0.15) is 11.8 Å². The first-order valence-electron chi connectivity index (χ1n) is 5.68. The van der Waals surface area contributed by atoms with Crippen molar-refractivity contribution in [3.05, 3.63) is 24.2 Å². The average molecular weight is 241 g/mol. The summed E-state index contributed by atoms with van der Waals surface area (Å²) in [7, 11) is 2.10. The standard InChI is InChI=1S/C12H19NO2S/c1-13(8-11-2-5-15-9-11)12(10-14)3-6-16-7-4-12/h2,5,9,14H,3-4,6-8,10H2,1H3. The molecule has 0 unspecified atom stereocenters. The second kappa shape index (κ2) is 5.25. The van der Waals surface area contributed by atoms with E-state index in [0.717, 1.165) is 30.9 Å². The molecule has 1 aliphatic rings. The Hall–Kier alpha value is -0.450. The van der Waals surface area contributed by atoms with Crippen molar-refractivity contribution < 1.29 is 9.52 Å². The normalized spacial score (nSPS) is 20.2. The van der Waals surface area contributed by atoms with Crippen molar-refractivity contribution in [3.63, 3.8) is 0 Å². The zero-order valence-electron chi connectivity index (χ0n) is 9.69. The van der Waals surface area contributed by atoms with Crippen LogP contribution in [0.2, 0.25) is 0 Å². The molecule has 4 heteroatoms. The van der Waals surface area contributed by atoms with Crippen LogP contribution >= 0.6 is 11.8 Å². The van der Waals surface area contributed by atoms with E-state index >= 15 is 0 Å². The van der Waals surface area contributed by atoms with E-state index in [-0.39, 0.29) is 12.1 Å². The van der Waals surface area contributed by atoms with Crippen LogP contribution in [0.4, 0.5) is 0 Å². The number of furan rings is 1. The van der Waals surface area contributed by atoms with Gasteiger partial charge in [0.15, 0.2) is 0 Å².